The zero-order valence-electron chi connectivity index (χ0n) is 27.0. The van der Waals surface area contributed by atoms with Crippen LogP contribution in [0.15, 0.2) is 89.2 Å². The molecule has 234 valence electrons. The lowest BCUT2D eigenvalue weighted by Crippen LogP contribution is -2.29. The van der Waals surface area contributed by atoms with Gasteiger partial charge in [0.1, 0.15) is 25.1 Å². The monoisotopic (exact) mass is 597 g/mol. The van der Waals surface area contributed by atoms with Crippen molar-refractivity contribution < 1.29 is 19.2 Å². The van der Waals surface area contributed by atoms with Crippen LogP contribution in [0.1, 0.15) is 83.1 Å². The van der Waals surface area contributed by atoms with E-state index in [0.29, 0.717) is 55.5 Å². The summed E-state index contributed by atoms with van der Waals surface area (Å²) >= 11 is 0. The van der Waals surface area contributed by atoms with Crippen LogP contribution in [-0.2, 0) is 19.8 Å². The van der Waals surface area contributed by atoms with Gasteiger partial charge in [0.05, 0.1) is 6.07 Å². The summed E-state index contributed by atoms with van der Waals surface area (Å²) in [5.74, 6) is 0. The Morgan fingerprint density at radius 3 is 2.25 bits per heavy atom. The molecule has 1 aromatic carbocycles. The number of carbonyl (C=O) groups is 4. The number of aldehydes is 4. The maximum absolute atomic E-state index is 11.5. The quantitative estimate of drug-likeness (QED) is 0.0533. The van der Waals surface area contributed by atoms with Gasteiger partial charge in [-0.15, -0.1) is 0 Å². The van der Waals surface area contributed by atoms with Crippen molar-refractivity contribution in [2.75, 3.05) is 18.4 Å². The molecule has 2 N–H and O–H groups in total. The van der Waals surface area contributed by atoms with Crippen molar-refractivity contribution in [3.63, 3.8) is 0 Å². The molecule has 1 rings (SSSR count). The predicted molar refractivity (Wildman–Crippen MR) is 179 cm³/mol. The molecule has 0 aliphatic heterocycles. The molecule has 0 fully saturated rings. The molecule has 0 aliphatic carbocycles. The third-order valence-corrected chi connectivity index (χ3v) is 7.38. The minimum Gasteiger partial charge on any atom is -0.387 e. The normalized spacial score (nSPS) is 13.3. The maximum Gasteiger partial charge on any atom is 0.150 e. The first kappa shape index (κ1) is 37.5. The van der Waals surface area contributed by atoms with Gasteiger partial charge in [0.2, 0.25) is 0 Å². The number of nitrogens with one attached hydrogen (secondary N) is 2. The number of anilines is 1. The van der Waals surface area contributed by atoms with Gasteiger partial charge >= 0.3 is 0 Å². The molecule has 0 spiro atoms. The number of nitriles is 1. The molecule has 0 unspecified atom stereocenters. The predicted octanol–water partition coefficient (Wildman–Crippen LogP) is 7.30. The van der Waals surface area contributed by atoms with E-state index in [2.05, 4.69) is 23.3 Å². The first-order chi connectivity index (χ1) is 20.9. The van der Waals surface area contributed by atoms with Crippen LogP contribution in [0.2, 0.25) is 0 Å². The minimum atomic E-state index is -0.589. The molecular formula is C37H47N3O4. The number of carbonyl (C=O) groups excluding carboxylic acids is 4. The first-order valence-corrected chi connectivity index (χ1v) is 14.9. The summed E-state index contributed by atoms with van der Waals surface area (Å²) in [5.41, 5.74) is 4.71. The fourth-order valence-electron chi connectivity index (χ4n) is 4.61. The molecule has 0 radical (unpaired) electrons. The Kier molecular flexibility index (Phi) is 16.1. The fourth-order valence-corrected chi connectivity index (χ4v) is 4.61. The fraction of sp³-hybridized carbons (Fsp3) is 0.378. The van der Waals surface area contributed by atoms with Gasteiger partial charge in [-0.25, -0.2) is 0 Å². The van der Waals surface area contributed by atoms with Crippen molar-refractivity contribution in [2.45, 2.75) is 72.6 Å². The van der Waals surface area contributed by atoms with Crippen molar-refractivity contribution in [3.8, 4) is 6.07 Å². The Morgan fingerprint density at radius 2 is 1.68 bits per heavy atom. The Hall–Kier alpha value is -4.57. The van der Waals surface area contributed by atoms with Crippen LogP contribution in [0, 0.1) is 16.7 Å². The van der Waals surface area contributed by atoms with Crippen LogP contribution in [0.5, 0.6) is 0 Å². The van der Waals surface area contributed by atoms with Crippen molar-refractivity contribution in [2.24, 2.45) is 5.41 Å². The lowest BCUT2D eigenvalue weighted by molar-refractivity contribution is -0.108. The third-order valence-electron chi connectivity index (χ3n) is 7.38. The smallest absolute Gasteiger partial charge is 0.150 e. The van der Waals surface area contributed by atoms with Crippen LogP contribution >= 0.6 is 0 Å². The molecule has 7 nitrogen and oxygen atoms in total. The molecule has 44 heavy (non-hydrogen) atoms. The summed E-state index contributed by atoms with van der Waals surface area (Å²) in [4.78, 5) is 44.9. The van der Waals surface area contributed by atoms with Gasteiger partial charge < -0.3 is 20.2 Å². The summed E-state index contributed by atoms with van der Waals surface area (Å²) in [6.45, 7) is 17.0. The van der Waals surface area contributed by atoms with Crippen LogP contribution < -0.4 is 10.6 Å². The molecule has 0 aliphatic rings. The highest BCUT2D eigenvalue weighted by Crippen LogP contribution is 2.37. The highest BCUT2D eigenvalue weighted by molar-refractivity contribution is 5.78. The average molecular weight is 598 g/mol. The highest BCUT2D eigenvalue weighted by atomic mass is 16.1. The van der Waals surface area contributed by atoms with Crippen molar-refractivity contribution in [1.29, 1.82) is 5.26 Å². The maximum atomic E-state index is 11.5. The summed E-state index contributed by atoms with van der Waals surface area (Å²) in [6, 6.07) is 7.76. The topological polar surface area (TPSA) is 116 Å². The zero-order chi connectivity index (χ0) is 33.2. The van der Waals surface area contributed by atoms with Gasteiger partial charge in [-0.2, -0.15) is 5.26 Å². The van der Waals surface area contributed by atoms with Gasteiger partial charge in [-0.1, -0.05) is 59.4 Å². The molecule has 1 aromatic rings. The Morgan fingerprint density at radius 1 is 1.00 bits per heavy atom. The highest BCUT2D eigenvalue weighted by Gasteiger charge is 2.27. The second-order valence-corrected chi connectivity index (χ2v) is 11.6. The molecule has 0 atom stereocenters. The van der Waals surface area contributed by atoms with E-state index in [4.69, 9.17) is 0 Å². The zero-order valence-corrected chi connectivity index (χ0v) is 27.0. The Bertz CT molecular complexity index is 1380. The average Bonchev–Trinajstić information content (AvgIpc) is 3.00. The Labute approximate surface area is 263 Å². The summed E-state index contributed by atoms with van der Waals surface area (Å²) in [7, 11) is 0. The van der Waals surface area contributed by atoms with Gasteiger partial charge in [0.15, 0.2) is 0 Å². The van der Waals surface area contributed by atoms with E-state index in [0.717, 1.165) is 53.2 Å². The van der Waals surface area contributed by atoms with Crippen molar-refractivity contribution in [1.82, 2.24) is 5.32 Å². The van der Waals surface area contributed by atoms with Crippen LogP contribution in [0.3, 0.4) is 0 Å². The first-order valence-electron chi connectivity index (χ1n) is 14.9. The molecule has 7 heteroatoms. The van der Waals surface area contributed by atoms with Crippen LogP contribution in [-0.4, -0.2) is 38.2 Å². The minimum absolute atomic E-state index is 0.336. The number of nitrogens with zero attached hydrogens (tertiary/aromatic N) is 1. The van der Waals surface area contributed by atoms with Gasteiger partial charge in [0.25, 0.3) is 0 Å². The van der Waals surface area contributed by atoms with E-state index in [1.807, 2.05) is 71.9 Å². The lowest BCUT2D eigenvalue weighted by atomic mass is 9.77. The van der Waals surface area contributed by atoms with E-state index in [-0.39, 0.29) is 0 Å². The van der Waals surface area contributed by atoms with E-state index >= 15 is 0 Å². The number of rotatable bonds is 20. The van der Waals surface area contributed by atoms with Gasteiger partial charge in [-0.3, -0.25) is 9.59 Å². The molecular weight excluding hydrogens is 550 g/mol. The second kappa shape index (κ2) is 18.9. The van der Waals surface area contributed by atoms with Crippen molar-refractivity contribution in [3.05, 3.63) is 100 Å². The molecule has 0 amide bonds. The number of allylic oxidation sites excluding steroid dienone is 10. The van der Waals surface area contributed by atoms with E-state index < -0.39 is 10.8 Å². The largest absolute Gasteiger partial charge is 0.387 e. The number of hydrogen-bond acceptors (Lipinski definition) is 7. The van der Waals surface area contributed by atoms with E-state index in [1.54, 1.807) is 24.3 Å². The van der Waals surface area contributed by atoms with Crippen molar-refractivity contribution >= 4 is 30.8 Å². The van der Waals surface area contributed by atoms with E-state index in [1.165, 1.54) is 0 Å². The summed E-state index contributed by atoms with van der Waals surface area (Å²) < 4.78 is 0. The molecule has 0 bridgehead atoms. The summed E-state index contributed by atoms with van der Waals surface area (Å²) in [6.07, 6.45) is 16.1. The standard InChI is InChI=1S/C37H47N3O4/c1-8-12-30(26-43)21-28(3)37(6,7)35(40-18-11-20-42)16-14-29(9-2)22-32(25-38)24-36(4,5)33-23-31(27-44)13-15-34(33)39-17-10-19-41/h8,12-16,19-23,26-27,39-40H,3,9-11,17-18,24H2,1-2,4-7H3/b12-8-,29-14+,30-21+,32-22-,35-16+. The van der Waals surface area contributed by atoms with Crippen LogP contribution in [0.25, 0.3) is 0 Å². The second-order valence-electron chi connectivity index (χ2n) is 11.6. The van der Waals surface area contributed by atoms with Crippen LogP contribution in [0.4, 0.5) is 5.69 Å². The Balaban J connectivity index is 3.53. The molecule has 0 heterocycles. The molecule has 0 saturated carbocycles. The SMILES string of the molecule is C=C(/C=C(C=O)\C=C/C)C(C)(C)\C(=C/C=C(/C=C(\C#N)CC(C)(C)c1cc(C=O)ccc1NCCC=O)CC)NCCC=O. The number of benzene rings is 1. The lowest BCUT2D eigenvalue weighted by Gasteiger charge is -2.30. The van der Waals surface area contributed by atoms with Gasteiger partial charge in [0, 0.05) is 59.4 Å². The molecule has 0 aromatic heterocycles. The van der Waals surface area contributed by atoms with Gasteiger partial charge in [-0.05, 0) is 78.3 Å². The third kappa shape index (κ3) is 11.6. The summed E-state index contributed by atoms with van der Waals surface area (Å²) in [5, 5.41) is 16.8. The van der Waals surface area contributed by atoms with E-state index in [9.17, 15) is 24.4 Å². The molecule has 0 saturated heterocycles. The number of hydrogen-bond donors (Lipinski definition) is 2.